The van der Waals surface area contributed by atoms with Gasteiger partial charge < -0.3 is 10.2 Å². The second-order valence-corrected chi connectivity index (χ2v) is 7.01. The smallest absolute Gasteiger partial charge is 0.274 e. The van der Waals surface area contributed by atoms with Crippen molar-refractivity contribution in [2.45, 2.75) is 26.8 Å². The van der Waals surface area contributed by atoms with Crippen molar-refractivity contribution in [1.82, 2.24) is 9.97 Å². The van der Waals surface area contributed by atoms with E-state index in [2.05, 4.69) is 50.5 Å². The molecule has 0 radical (unpaired) electrons. The lowest BCUT2D eigenvalue weighted by Crippen LogP contribution is -2.32. The maximum absolute atomic E-state index is 12.7. The van der Waals surface area contributed by atoms with Gasteiger partial charge in [-0.2, -0.15) is 0 Å². The molecule has 0 saturated carbocycles. The quantitative estimate of drug-likeness (QED) is 0.771. The van der Waals surface area contributed by atoms with Gasteiger partial charge in [0, 0.05) is 25.0 Å². The van der Waals surface area contributed by atoms with Crippen LogP contribution in [0.3, 0.4) is 0 Å². The monoisotopic (exact) mass is 358 g/mol. The summed E-state index contributed by atoms with van der Waals surface area (Å²) in [6.45, 7) is 5.64. The number of aromatic nitrogens is 2. The molecule has 1 amide bonds. The SMILES string of the molecule is Cc1cc(C)cc(NC(=O)c2ccnc(N3CCc4ccccc4C3)n2)c1. The molecule has 2 heterocycles. The average molecular weight is 358 g/mol. The van der Waals surface area contributed by atoms with Crippen molar-refractivity contribution in [3.05, 3.63) is 82.7 Å². The zero-order valence-electron chi connectivity index (χ0n) is 15.6. The van der Waals surface area contributed by atoms with E-state index in [1.165, 1.54) is 11.1 Å². The fraction of sp³-hybridized carbons (Fsp3) is 0.227. The van der Waals surface area contributed by atoms with Crippen molar-refractivity contribution in [2.75, 3.05) is 16.8 Å². The molecule has 0 bridgehead atoms. The van der Waals surface area contributed by atoms with Gasteiger partial charge in [-0.3, -0.25) is 4.79 Å². The Morgan fingerprint density at radius 1 is 1.04 bits per heavy atom. The minimum atomic E-state index is -0.221. The Kier molecular flexibility index (Phi) is 4.59. The Labute approximate surface area is 159 Å². The summed E-state index contributed by atoms with van der Waals surface area (Å²) in [7, 11) is 0. The van der Waals surface area contributed by atoms with E-state index in [9.17, 15) is 4.79 Å². The summed E-state index contributed by atoms with van der Waals surface area (Å²) in [5.74, 6) is 0.374. The van der Waals surface area contributed by atoms with Crippen molar-refractivity contribution in [3.63, 3.8) is 0 Å². The van der Waals surface area contributed by atoms with E-state index in [-0.39, 0.29) is 5.91 Å². The highest BCUT2D eigenvalue weighted by Gasteiger charge is 2.19. The molecule has 136 valence electrons. The molecule has 2 aromatic carbocycles. The lowest BCUT2D eigenvalue weighted by Gasteiger charge is -2.28. The first-order valence-electron chi connectivity index (χ1n) is 9.13. The first kappa shape index (κ1) is 17.2. The van der Waals surface area contributed by atoms with Crippen LogP contribution in [0.1, 0.15) is 32.7 Å². The van der Waals surface area contributed by atoms with E-state index in [1.54, 1.807) is 12.3 Å². The van der Waals surface area contributed by atoms with E-state index < -0.39 is 0 Å². The summed E-state index contributed by atoms with van der Waals surface area (Å²) in [6.07, 6.45) is 2.61. The van der Waals surface area contributed by atoms with Crippen LogP contribution >= 0.6 is 0 Å². The minimum absolute atomic E-state index is 0.221. The van der Waals surface area contributed by atoms with Crippen molar-refractivity contribution in [2.24, 2.45) is 0 Å². The van der Waals surface area contributed by atoms with Crippen molar-refractivity contribution >= 4 is 17.5 Å². The normalized spacial score (nSPS) is 13.2. The number of benzene rings is 2. The number of fused-ring (bicyclic) bond motifs is 1. The third-order valence-corrected chi connectivity index (χ3v) is 4.77. The second-order valence-electron chi connectivity index (χ2n) is 7.01. The van der Waals surface area contributed by atoms with Crippen LogP contribution in [0.25, 0.3) is 0 Å². The summed E-state index contributed by atoms with van der Waals surface area (Å²) in [4.78, 5) is 23.7. The molecule has 0 unspecified atom stereocenters. The van der Waals surface area contributed by atoms with Gasteiger partial charge in [0.25, 0.3) is 5.91 Å². The molecular weight excluding hydrogens is 336 g/mol. The predicted molar refractivity (Wildman–Crippen MR) is 107 cm³/mol. The van der Waals surface area contributed by atoms with Crippen LogP contribution in [0, 0.1) is 13.8 Å². The van der Waals surface area contributed by atoms with Gasteiger partial charge in [-0.05, 0) is 60.7 Å². The molecule has 5 nitrogen and oxygen atoms in total. The van der Waals surface area contributed by atoms with Crippen LogP contribution in [-0.4, -0.2) is 22.4 Å². The van der Waals surface area contributed by atoms with E-state index in [4.69, 9.17) is 0 Å². The highest BCUT2D eigenvalue weighted by atomic mass is 16.1. The molecule has 1 aliphatic rings. The maximum atomic E-state index is 12.7. The molecule has 4 rings (SSSR count). The van der Waals surface area contributed by atoms with Gasteiger partial charge >= 0.3 is 0 Å². The van der Waals surface area contributed by atoms with Crippen molar-refractivity contribution in [1.29, 1.82) is 0 Å². The van der Waals surface area contributed by atoms with Gasteiger partial charge in [0.05, 0.1) is 0 Å². The van der Waals surface area contributed by atoms with Crippen LogP contribution < -0.4 is 10.2 Å². The van der Waals surface area contributed by atoms with E-state index >= 15 is 0 Å². The molecule has 0 atom stereocenters. The molecule has 3 aromatic rings. The number of anilines is 2. The van der Waals surface area contributed by atoms with Crippen LogP contribution in [0.4, 0.5) is 11.6 Å². The number of nitrogens with zero attached hydrogens (tertiary/aromatic N) is 3. The third-order valence-electron chi connectivity index (χ3n) is 4.77. The fourth-order valence-electron chi connectivity index (χ4n) is 3.54. The predicted octanol–water partition coefficient (Wildman–Crippen LogP) is 3.91. The molecule has 0 aliphatic carbocycles. The highest BCUT2D eigenvalue weighted by Crippen LogP contribution is 2.22. The number of carbonyl (C=O) groups excluding carboxylic acids is 1. The van der Waals surface area contributed by atoms with Gasteiger partial charge in [-0.15, -0.1) is 0 Å². The maximum Gasteiger partial charge on any atom is 0.274 e. The van der Waals surface area contributed by atoms with E-state index in [1.807, 2.05) is 26.0 Å². The van der Waals surface area contributed by atoms with E-state index in [0.717, 1.165) is 36.3 Å². The summed E-state index contributed by atoms with van der Waals surface area (Å²) < 4.78 is 0. The standard InChI is InChI=1S/C22H22N4O/c1-15-11-16(2)13-19(12-15)24-21(27)20-7-9-23-22(25-20)26-10-8-17-5-3-4-6-18(17)14-26/h3-7,9,11-13H,8,10,14H2,1-2H3,(H,24,27). The topological polar surface area (TPSA) is 58.1 Å². The first-order chi connectivity index (χ1) is 13.1. The molecule has 1 aromatic heterocycles. The Morgan fingerprint density at radius 3 is 2.56 bits per heavy atom. The largest absolute Gasteiger partial charge is 0.336 e. The molecule has 1 N–H and O–H groups in total. The summed E-state index contributed by atoms with van der Waals surface area (Å²) in [5, 5.41) is 2.94. The fourth-order valence-corrected chi connectivity index (χ4v) is 3.54. The molecule has 1 aliphatic heterocycles. The number of hydrogen-bond donors (Lipinski definition) is 1. The number of hydrogen-bond acceptors (Lipinski definition) is 4. The lowest BCUT2D eigenvalue weighted by atomic mass is 10.0. The molecular formula is C22H22N4O. The zero-order chi connectivity index (χ0) is 18.8. The zero-order valence-corrected chi connectivity index (χ0v) is 15.6. The van der Waals surface area contributed by atoms with E-state index in [0.29, 0.717) is 11.6 Å². The molecule has 0 fully saturated rings. The minimum Gasteiger partial charge on any atom is -0.336 e. The number of nitrogens with one attached hydrogen (secondary N) is 1. The number of amides is 1. The first-order valence-corrected chi connectivity index (χ1v) is 9.13. The Hall–Kier alpha value is -3.21. The molecule has 0 spiro atoms. The van der Waals surface area contributed by atoms with Gasteiger partial charge in [-0.25, -0.2) is 9.97 Å². The Balaban J connectivity index is 1.53. The van der Waals surface area contributed by atoms with Crippen LogP contribution in [0.2, 0.25) is 0 Å². The number of aryl methyl sites for hydroxylation is 2. The second kappa shape index (κ2) is 7.19. The van der Waals surface area contributed by atoms with Gasteiger partial charge in [0.15, 0.2) is 0 Å². The van der Waals surface area contributed by atoms with Crippen molar-refractivity contribution < 1.29 is 4.79 Å². The van der Waals surface area contributed by atoms with Gasteiger partial charge in [-0.1, -0.05) is 30.3 Å². The van der Waals surface area contributed by atoms with Crippen LogP contribution in [-0.2, 0) is 13.0 Å². The van der Waals surface area contributed by atoms with Crippen molar-refractivity contribution in [3.8, 4) is 0 Å². The molecule has 27 heavy (non-hydrogen) atoms. The Bertz CT molecular complexity index is 979. The highest BCUT2D eigenvalue weighted by molar-refractivity contribution is 6.03. The molecule has 0 saturated heterocycles. The summed E-state index contributed by atoms with van der Waals surface area (Å²) >= 11 is 0. The third kappa shape index (κ3) is 3.82. The number of carbonyl (C=O) groups is 1. The lowest BCUT2D eigenvalue weighted by molar-refractivity contribution is 0.102. The molecule has 5 heteroatoms. The summed E-state index contributed by atoms with van der Waals surface area (Å²) in [5.41, 5.74) is 6.04. The van der Waals surface area contributed by atoms with Gasteiger partial charge in [0.1, 0.15) is 5.69 Å². The van der Waals surface area contributed by atoms with Crippen LogP contribution in [0.5, 0.6) is 0 Å². The number of rotatable bonds is 3. The van der Waals surface area contributed by atoms with Crippen LogP contribution in [0.15, 0.2) is 54.7 Å². The Morgan fingerprint density at radius 2 is 1.78 bits per heavy atom. The van der Waals surface area contributed by atoms with Gasteiger partial charge in [0.2, 0.25) is 5.95 Å². The summed E-state index contributed by atoms with van der Waals surface area (Å²) in [6, 6.07) is 16.1. The average Bonchev–Trinajstić information content (AvgIpc) is 2.67.